The summed E-state index contributed by atoms with van der Waals surface area (Å²) in [5.74, 6) is -0.120. The largest absolute Gasteiger partial charge is 0.349 e. The second-order valence-corrected chi connectivity index (χ2v) is 3.78. The van der Waals surface area contributed by atoms with Crippen molar-refractivity contribution in [3.05, 3.63) is 35.9 Å². The van der Waals surface area contributed by atoms with Crippen LogP contribution < -0.4 is 11.1 Å². The lowest BCUT2D eigenvalue weighted by molar-refractivity contribution is -0.124. The number of benzene rings is 1. The third-order valence-electron chi connectivity index (χ3n) is 2.46. The first-order valence-electron chi connectivity index (χ1n) is 5.20. The van der Waals surface area contributed by atoms with Gasteiger partial charge >= 0.3 is 0 Å². The molecule has 1 aromatic carbocycles. The van der Waals surface area contributed by atoms with Crippen molar-refractivity contribution in [1.82, 2.24) is 5.32 Å². The van der Waals surface area contributed by atoms with E-state index in [-0.39, 0.29) is 17.9 Å². The van der Waals surface area contributed by atoms with Gasteiger partial charge < -0.3 is 11.1 Å². The van der Waals surface area contributed by atoms with Crippen molar-refractivity contribution in [2.75, 3.05) is 6.54 Å². The Hall–Kier alpha value is -1.35. The molecule has 0 saturated heterocycles. The summed E-state index contributed by atoms with van der Waals surface area (Å²) in [4.78, 5) is 11.6. The van der Waals surface area contributed by atoms with Crippen LogP contribution in [0.4, 0.5) is 0 Å². The highest BCUT2D eigenvalue weighted by Crippen LogP contribution is 2.11. The van der Waals surface area contributed by atoms with E-state index < -0.39 is 0 Å². The Kier molecular flexibility index (Phi) is 4.31. The molecule has 0 heterocycles. The summed E-state index contributed by atoms with van der Waals surface area (Å²) in [6.07, 6.45) is 0. The second kappa shape index (κ2) is 5.51. The highest BCUT2D eigenvalue weighted by Gasteiger charge is 2.14. The maximum atomic E-state index is 11.6. The molecule has 3 N–H and O–H groups in total. The number of hydrogen-bond donors (Lipinski definition) is 2. The van der Waals surface area contributed by atoms with E-state index in [1.54, 1.807) is 0 Å². The van der Waals surface area contributed by atoms with Crippen molar-refractivity contribution < 1.29 is 4.79 Å². The smallest absolute Gasteiger partial charge is 0.224 e. The Balaban J connectivity index is 2.56. The summed E-state index contributed by atoms with van der Waals surface area (Å²) in [5.41, 5.74) is 6.53. The lowest BCUT2D eigenvalue weighted by Gasteiger charge is -2.16. The molecule has 0 aliphatic heterocycles. The molecule has 2 atom stereocenters. The molecule has 1 unspecified atom stereocenters. The number of rotatable bonds is 4. The lowest BCUT2D eigenvalue weighted by Crippen LogP contribution is -2.34. The van der Waals surface area contributed by atoms with Crippen molar-refractivity contribution >= 4 is 5.91 Å². The van der Waals surface area contributed by atoms with E-state index in [0.717, 1.165) is 5.56 Å². The van der Waals surface area contributed by atoms with E-state index in [1.165, 1.54) is 0 Å². The maximum Gasteiger partial charge on any atom is 0.224 e. The van der Waals surface area contributed by atoms with Crippen LogP contribution in [-0.4, -0.2) is 12.5 Å². The molecule has 1 amide bonds. The van der Waals surface area contributed by atoms with Crippen LogP contribution in [0.2, 0.25) is 0 Å². The average molecular weight is 206 g/mol. The van der Waals surface area contributed by atoms with Gasteiger partial charge in [0.05, 0.1) is 6.04 Å². The highest BCUT2D eigenvalue weighted by molar-refractivity contribution is 5.78. The predicted molar refractivity (Wildman–Crippen MR) is 61.2 cm³/mol. The number of amides is 1. The standard InChI is InChI=1S/C12H18N2O/c1-9(8-13)12(15)14-10(2)11-6-4-3-5-7-11/h3-7,9-10H,8,13H2,1-2H3,(H,14,15)/t9?,10-/m1/s1. The number of hydrogen-bond acceptors (Lipinski definition) is 2. The van der Waals surface area contributed by atoms with Gasteiger partial charge in [-0.05, 0) is 12.5 Å². The number of nitrogens with two attached hydrogens (primary N) is 1. The highest BCUT2D eigenvalue weighted by atomic mass is 16.1. The molecule has 82 valence electrons. The van der Waals surface area contributed by atoms with Crippen LogP contribution in [0.1, 0.15) is 25.5 Å². The minimum Gasteiger partial charge on any atom is -0.349 e. The molecule has 1 aromatic rings. The van der Waals surface area contributed by atoms with Gasteiger partial charge in [0.2, 0.25) is 5.91 Å². The molecule has 3 nitrogen and oxygen atoms in total. The maximum absolute atomic E-state index is 11.6. The molecule has 0 fully saturated rings. The van der Waals surface area contributed by atoms with E-state index in [9.17, 15) is 4.79 Å². The van der Waals surface area contributed by atoms with Crippen LogP contribution in [0, 0.1) is 5.92 Å². The summed E-state index contributed by atoms with van der Waals surface area (Å²) in [7, 11) is 0. The number of nitrogens with one attached hydrogen (secondary N) is 1. The van der Waals surface area contributed by atoms with E-state index in [1.807, 2.05) is 44.2 Å². The van der Waals surface area contributed by atoms with Gasteiger partial charge in [-0.1, -0.05) is 37.3 Å². The Morgan fingerprint density at radius 2 is 1.93 bits per heavy atom. The lowest BCUT2D eigenvalue weighted by atomic mass is 10.1. The van der Waals surface area contributed by atoms with Gasteiger partial charge in [-0.3, -0.25) is 4.79 Å². The SMILES string of the molecule is CC(CN)C(=O)N[C@H](C)c1ccccc1. The zero-order valence-electron chi connectivity index (χ0n) is 9.23. The Bertz CT molecular complexity index is 311. The van der Waals surface area contributed by atoms with Crippen LogP contribution in [0.25, 0.3) is 0 Å². The topological polar surface area (TPSA) is 55.1 Å². The average Bonchev–Trinajstić information content (AvgIpc) is 2.29. The van der Waals surface area contributed by atoms with Gasteiger partial charge in [-0.15, -0.1) is 0 Å². The summed E-state index contributed by atoms with van der Waals surface area (Å²) in [6.45, 7) is 4.18. The van der Waals surface area contributed by atoms with Gasteiger partial charge in [0.1, 0.15) is 0 Å². The van der Waals surface area contributed by atoms with Crippen LogP contribution in [0.15, 0.2) is 30.3 Å². The fourth-order valence-corrected chi connectivity index (χ4v) is 1.29. The fourth-order valence-electron chi connectivity index (χ4n) is 1.29. The van der Waals surface area contributed by atoms with Crippen molar-refractivity contribution in [2.24, 2.45) is 11.7 Å². The molecule has 1 rings (SSSR count). The third-order valence-corrected chi connectivity index (χ3v) is 2.46. The summed E-state index contributed by atoms with van der Waals surface area (Å²) < 4.78 is 0. The molecule has 0 saturated carbocycles. The minimum absolute atomic E-state index is 0.00820. The van der Waals surface area contributed by atoms with E-state index in [4.69, 9.17) is 5.73 Å². The monoisotopic (exact) mass is 206 g/mol. The van der Waals surface area contributed by atoms with Crippen molar-refractivity contribution in [2.45, 2.75) is 19.9 Å². The van der Waals surface area contributed by atoms with Crippen molar-refractivity contribution in [3.63, 3.8) is 0 Å². The molecule has 0 aliphatic carbocycles. The molecule has 0 spiro atoms. The molecule has 0 aromatic heterocycles. The number of carbonyl (C=O) groups excluding carboxylic acids is 1. The first kappa shape index (κ1) is 11.7. The van der Waals surface area contributed by atoms with E-state index in [0.29, 0.717) is 6.54 Å². The van der Waals surface area contributed by atoms with E-state index >= 15 is 0 Å². The minimum atomic E-state index is -0.129. The van der Waals surface area contributed by atoms with Gasteiger partial charge in [-0.2, -0.15) is 0 Å². The molecule has 0 aliphatic rings. The quantitative estimate of drug-likeness (QED) is 0.783. The van der Waals surface area contributed by atoms with Crippen LogP contribution in [0.3, 0.4) is 0 Å². The molecule has 0 radical (unpaired) electrons. The molecule has 3 heteroatoms. The normalized spacial score (nSPS) is 14.3. The Morgan fingerprint density at radius 1 is 1.33 bits per heavy atom. The molecule has 15 heavy (non-hydrogen) atoms. The van der Waals surface area contributed by atoms with Gasteiger partial charge in [0.25, 0.3) is 0 Å². The Labute approximate surface area is 90.7 Å². The van der Waals surface area contributed by atoms with Gasteiger partial charge in [-0.25, -0.2) is 0 Å². The predicted octanol–water partition coefficient (Wildman–Crippen LogP) is 1.46. The number of carbonyl (C=O) groups is 1. The van der Waals surface area contributed by atoms with Crippen molar-refractivity contribution in [1.29, 1.82) is 0 Å². The molecular weight excluding hydrogens is 188 g/mol. The summed E-state index contributed by atoms with van der Waals surface area (Å²) in [6, 6.07) is 9.92. The van der Waals surface area contributed by atoms with E-state index in [2.05, 4.69) is 5.32 Å². The molecular formula is C12H18N2O. The Morgan fingerprint density at radius 3 is 2.47 bits per heavy atom. The second-order valence-electron chi connectivity index (χ2n) is 3.78. The van der Waals surface area contributed by atoms with Gasteiger partial charge in [0, 0.05) is 12.5 Å². The van der Waals surface area contributed by atoms with Gasteiger partial charge in [0.15, 0.2) is 0 Å². The third kappa shape index (κ3) is 3.36. The van der Waals surface area contributed by atoms with Crippen molar-refractivity contribution in [3.8, 4) is 0 Å². The first-order chi connectivity index (χ1) is 7.15. The first-order valence-corrected chi connectivity index (χ1v) is 5.20. The zero-order chi connectivity index (χ0) is 11.3. The van der Waals surface area contributed by atoms with Crippen LogP contribution >= 0.6 is 0 Å². The van der Waals surface area contributed by atoms with Crippen LogP contribution in [-0.2, 0) is 4.79 Å². The molecule has 0 bridgehead atoms. The summed E-state index contributed by atoms with van der Waals surface area (Å²) in [5, 5.41) is 2.93. The van der Waals surface area contributed by atoms with Crippen LogP contribution in [0.5, 0.6) is 0 Å². The zero-order valence-corrected chi connectivity index (χ0v) is 9.23. The fraction of sp³-hybridized carbons (Fsp3) is 0.417. The summed E-state index contributed by atoms with van der Waals surface area (Å²) >= 11 is 0.